The predicted octanol–water partition coefficient (Wildman–Crippen LogP) is 2.92. The summed E-state index contributed by atoms with van der Waals surface area (Å²) in [7, 11) is 2.21. The minimum Gasteiger partial charge on any atom is -0.385 e. The second kappa shape index (κ2) is 6.17. The third kappa shape index (κ3) is 3.16. The number of rotatable bonds is 7. The van der Waals surface area contributed by atoms with Crippen molar-refractivity contribution < 1.29 is 14.3 Å². The second-order valence-electron chi connectivity index (χ2n) is 8.36. The van der Waals surface area contributed by atoms with Crippen LogP contribution in [0.15, 0.2) is 0 Å². The Morgan fingerprint density at radius 2 is 1.76 bits per heavy atom. The predicted molar refractivity (Wildman–Crippen MR) is 87.0 cm³/mol. The van der Waals surface area contributed by atoms with Gasteiger partial charge in [-0.15, -0.1) is 0 Å². The van der Waals surface area contributed by atoms with Gasteiger partial charge in [0, 0.05) is 0 Å². The van der Waals surface area contributed by atoms with E-state index in [0.717, 1.165) is 30.0 Å². The highest BCUT2D eigenvalue weighted by Crippen LogP contribution is 2.60. The standard InChI is InChI=1S/C18H36NO2/c1-7-19(6,8-2)11-14(20)12-21-17-13(3)15-9-10-16(17)18(15,4)5/h13-17,20H,7-12H2,1-6H3/q+1/t13-,14+,15-,16-,17-/m0/s1. The van der Waals surface area contributed by atoms with Gasteiger partial charge < -0.3 is 14.3 Å². The Morgan fingerprint density at radius 1 is 1.19 bits per heavy atom. The van der Waals surface area contributed by atoms with E-state index in [1.165, 1.54) is 12.8 Å². The van der Waals surface area contributed by atoms with Gasteiger partial charge in [0.25, 0.3) is 0 Å². The summed E-state index contributed by atoms with van der Waals surface area (Å²) in [5.41, 5.74) is 0.423. The highest BCUT2D eigenvalue weighted by Gasteiger charge is 2.57. The van der Waals surface area contributed by atoms with Crippen molar-refractivity contribution in [2.24, 2.45) is 23.2 Å². The summed E-state index contributed by atoms with van der Waals surface area (Å²) >= 11 is 0. The maximum absolute atomic E-state index is 10.4. The monoisotopic (exact) mass is 298 g/mol. The zero-order valence-corrected chi connectivity index (χ0v) is 14.9. The maximum atomic E-state index is 10.4. The lowest BCUT2D eigenvalue weighted by Gasteiger charge is -2.35. The minimum atomic E-state index is -0.343. The van der Waals surface area contributed by atoms with Crippen molar-refractivity contribution >= 4 is 0 Å². The first-order valence-corrected chi connectivity index (χ1v) is 8.88. The van der Waals surface area contributed by atoms with Crippen LogP contribution in [0.1, 0.15) is 47.5 Å². The topological polar surface area (TPSA) is 29.5 Å². The van der Waals surface area contributed by atoms with Crippen LogP contribution in [0.2, 0.25) is 0 Å². The number of aliphatic hydroxyl groups is 1. The molecule has 3 nitrogen and oxygen atoms in total. The normalized spacial score (nSPS) is 36.1. The first-order valence-electron chi connectivity index (χ1n) is 8.88. The Kier molecular flexibility index (Phi) is 5.07. The van der Waals surface area contributed by atoms with Crippen LogP contribution < -0.4 is 0 Å². The molecule has 1 N–H and O–H groups in total. The molecule has 2 bridgehead atoms. The number of likely N-dealkylation sites (N-methyl/N-ethyl adjacent to an activating group) is 1. The van der Waals surface area contributed by atoms with Crippen molar-refractivity contribution in [3.63, 3.8) is 0 Å². The van der Waals surface area contributed by atoms with E-state index in [-0.39, 0.29) is 6.10 Å². The van der Waals surface area contributed by atoms with Gasteiger partial charge in [-0.05, 0) is 49.9 Å². The fourth-order valence-electron chi connectivity index (χ4n) is 5.04. The Bertz CT molecular complexity index is 351. The van der Waals surface area contributed by atoms with Crippen molar-refractivity contribution in [1.29, 1.82) is 0 Å². The zero-order chi connectivity index (χ0) is 15.8. The zero-order valence-electron chi connectivity index (χ0n) is 14.9. The van der Waals surface area contributed by atoms with Crippen molar-refractivity contribution in [3.8, 4) is 0 Å². The smallest absolute Gasteiger partial charge is 0.126 e. The molecule has 0 aromatic heterocycles. The van der Waals surface area contributed by atoms with Crippen molar-refractivity contribution in [3.05, 3.63) is 0 Å². The molecule has 0 aromatic rings. The first kappa shape index (κ1) is 17.2. The molecule has 0 unspecified atom stereocenters. The molecule has 2 saturated carbocycles. The van der Waals surface area contributed by atoms with Crippen LogP contribution in [-0.4, -0.2) is 55.1 Å². The maximum Gasteiger partial charge on any atom is 0.126 e. The Hall–Kier alpha value is -0.120. The van der Waals surface area contributed by atoms with Crippen molar-refractivity contribution in [2.75, 3.05) is 33.3 Å². The van der Waals surface area contributed by atoms with Crippen LogP contribution in [0.4, 0.5) is 0 Å². The summed E-state index contributed by atoms with van der Waals surface area (Å²) < 4.78 is 7.14. The van der Waals surface area contributed by atoms with E-state index in [1.807, 2.05) is 0 Å². The summed E-state index contributed by atoms with van der Waals surface area (Å²) in [6.45, 7) is 15.0. The molecule has 2 aliphatic carbocycles. The lowest BCUT2D eigenvalue weighted by Crippen LogP contribution is -2.50. The van der Waals surface area contributed by atoms with Crippen LogP contribution in [0.25, 0.3) is 0 Å². The summed E-state index contributed by atoms with van der Waals surface area (Å²) in [5.74, 6) is 2.13. The van der Waals surface area contributed by atoms with Gasteiger partial charge in [0.2, 0.25) is 0 Å². The Morgan fingerprint density at radius 3 is 2.24 bits per heavy atom. The molecule has 0 radical (unpaired) electrons. The molecule has 124 valence electrons. The summed E-state index contributed by atoms with van der Waals surface area (Å²) in [6.07, 6.45) is 2.68. The Labute approximate surface area is 131 Å². The molecule has 2 fully saturated rings. The van der Waals surface area contributed by atoms with E-state index in [1.54, 1.807) is 0 Å². The molecule has 0 heterocycles. The average Bonchev–Trinajstić information content (AvgIpc) is 2.83. The lowest BCUT2D eigenvalue weighted by molar-refractivity contribution is -0.909. The fraction of sp³-hybridized carbons (Fsp3) is 1.00. The molecule has 0 aliphatic heterocycles. The summed E-state index contributed by atoms with van der Waals surface area (Å²) in [6, 6.07) is 0. The van der Waals surface area contributed by atoms with Crippen molar-refractivity contribution in [1.82, 2.24) is 0 Å². The highest BCUT2D eigenvalue weighted by molar-refractivity contribution is 5.06. The molecule has 0 spiro atoms. The van der Waals surface area contributed by atoms with Gasteiger partial charge in [-0.25, -0.2) is 0 Å². The number of hydrogen-bond acceptors (Lipinski definition) is 2. The van der Waals surface area contributed by atoms with Gasteiger partial charge in [-0.3, -0.25) is 0 Å². The Balaban J connectivity index is 1.87. The molecule has 21 heavy (non-hydrogen) atoms. The van der Waals surface area contributed by atoms with Crippen LogP contribution in [-0.2, 0) is 4.74 Å². The molecule has 0 aromatic carbocycles. The minimum absolute atomic E-state index is 0.343. The third-order valence-electron chi connectivity index (χ3n) is 6.91. The van der Waals surface area contributed by atoms with Crippen LogP contribution in [0, 0.1) is 23.2 Å². The number of nitrogens with zero attached hydrogens (tertiary/aromatic N) is 1. The van der Waals surface area contributed by atoms with Gasteiger partial charge >= 0.3 is 0 Å². The van der Waals surface area contributed by atoms with Crippen LogP contribution in [0.5, 0.6) is 0 Å². The highest BCUT2D eigenvalue weighted by atomic mass is 16.5. The summed E-state index contributed by atoms with van der Waals surface area (Å²) in [4.78, 5) is 0. The molecule has 3 heteroatoms. The average molecular weight is 298 g/mol. The first-order chi connectivity index (χ1) is 9.75. The van der Waals surface area contributed by atoms with Gasteiger partial charge in [0.15, 0.2) is 0 Å². The van der Waals surface area contributed by atoms with Gasteiger partial charge in [0.05, 0.1) is 32.8 Å². The number of ether oxygens (including phenoxy) is 1. The number of aliphatic hydroxyl groups excluding tert-OH is 1. The molecule has 2 aliphatic rings. The molecular formula is C18H36NO2+. The van der Waals surface area contributed by atoms with E-state index >= 15 is 0 Å². The van der Waals surface area contributed by atoms with Crippen molar-refractivity contribution in [2.45, 2.75) is 59.7 Å². The quantitative estimate of drug-likeness (QED) is 0.732. The molecule has 0 saturated heterocycles. The van der Waals surface area contributed by atoms with E-state index in [4.69, 9.17) is 4.74 Å². The van der Waals surface area contributed by atoms with E-state index in [9.17, 15) is 5.11 Å². The molecule has 2 rings (SSSR count). The molecule has 0 amide bonds. The van der Waals surface area contributed by atoms with Crippen LogP contribution in [0.3, 0.4) is 0 Å². The van der Waals surface area contributed by atoms with Gasteiger partial charge in [0.1, 0.15) is 12.6 Å². The van der Waals surface area contributed by atoms with Gasteiger partial charge in [-0.2, -0.15) is 0 Å². The molecular weight excluding hydrogens is 262 g/mol. The number of fused-ring (bicyclic) bond motifs is 2. The summed E-state index contributed by atoms with van der Waals surface area (Å²) in [5, 5.41) is 10.4. The molecule has 5 atom stereocenters. The second-order valence-corrected chi connectivity index (χ2v) is 8.36. The van der Waals surface area contributed by atoms with Crippen LogP contribution >= 0.6 is 0 Å². The third-order valence-corrected chi connectivity index (χ3v) is 6.91. The fourth-order valence-corrected chi connectivity index (χ4v) is 5.04. The number of quaternary nitrogens is 1. The van der Waals surface area contributed by atoms with E-state index in [2.05, 4.69) is 41.7 Å². The SMILES string of the molecule is CC[N+](C)(CC)C[C@@H](O)CO[C@H]1[C@@H](C)[C@@H]2CC[C@@H]1C2(C)C. The lowest BCUT2D eigenvalue weighted by atomic mass is 9.80. The van der Waals surface area contributed by atoms with E-state index in [0.29, 0.717) is 30.0 Å². The largest absolute Gasteiger partial charge is 0.385 e. The van der Waals surface area contributed by atoms with E-state index < -0.39 is 0 Å². The van der Waals surface area contributed by atoms with Gasteiger partial charge in [-0.1, -0.05) is 20.8 Å². The number of hydrogen-bond donors (Lipinski definition) is 1.